The molecule has 0 radical (unpaired) electrons. The lowest BCUT2D eigenvalue weighted by atomic mass is 10.0. The number of carbonyl (C=O) groups is 11. The van der Waals surface area contributed by atoms with E-state index in [2.05, 4.69) is 52.8 Å². The number of rotatable bonds is 43. The third-order valence-corrected chi connectivity index (χ3v) is 19.5. The molecule has 1 aromatic carbocycles. The van der Waals surface area contributed by atoms with Crippen LogP contribution in [0.1, 0.15) is 94.7 Å². The van der Waals surface area contributed by atoms with E-state index in [1.54, 1.807) is 42.7 Å². The Hall–Kier alpha value is -7.20. The summed E-state index contributed by atoms with van der Waals surface area (Å²) >= 11 is 2.49. The number of carbonyl (C=O) groups excluding carboxylic acids is 10. The van der Waals surface area contributed by atoms with Crippen molar-refractivity contribution in [3.8, 4) is 0 Å². The molecule has 0 saturated carbocycles. The number of nitrogens with zero attached hydrogens (tertiary/aromatic N) is 3. The number of aliphatic carboxylic acids is 1. The Balaban J connectivity index is 1.16. The molecule has 2 bridgehead atoms. The van der Waals surface area contributed by atoms with Crippen LogP contribution in [0, 0.1) is 5.92 Å². The van der Waals surface area contributed by atoms with Crippen LogP contribution < -0.4 is 65.1 Å². The standard InChI is InChI=1S/C70H113N15O19S2/c1-3-4-12-52(78-60(88)17-25-99-27-29-101-31-33-103-35-36-104-34-32-102-30-28-100-26-22-77-62(89)51(41-74-20-18-71)42-75-21-19-72)63(90)81-55-45-105-43-49-37-50(40-76-39-49)44-106-46-56(70(97)98)82-65(92)54(38-48-10-6-5-7-11-48)80-64(91)53(15-16-59(73)87)79-67(94)61(47(2)86)83-66(93)57-13-8-23-84(57)69(96)58-14-9-24-85(58)68(55)95/h5-7,10-11,37,39-40,47,51-58,61,74-75,86H,3-4,8-9,12-36,38,41-46,71-72H2,1-2H3,(H2,73,87)(H,77,89)(H,78,88)(H,79,94)(H,80,91)(H,81,90)(H,82,92)(H,83,93)(H,97,98)/t47-,52+,53+,54+,55+,56?,57+,58+,61+/m1/s1. The first-order valence-electron chi connectivity index (χ1n) is 36.5. The minimum absolute atomic E-state index is 0.00552. The number of ether oxygens (including phenoxy) is 6. The van der Waals surface area contributed by atoms with E-state index in [9.17, 15) is 58.2 Å². The first-order chi connectivity index (χ1) is 51.2. The summed E-state index contributed by atoms with van der Waals surface area (Å²) in [5.41, 5.74) is 18.6. The summed E-state index contributed by atoms with van der Waals surface area (Å²) in [6.07, 6.45) is 3.22. The Labute approximate surface area is 628 Å². The van der Waals surface area contributed by atoms with E-state index in [4.69, 9.17) is 45.6 Å². The number of hydrogen-bond acceptors (Lipinski definition) is 25. The van der Waals surface area contributed by atoms with Gasteiger partial charge in [-0.1, -0.05) is 56.2 Å². The second-order valence-electron chi connectivity index (χ2n) is 25.8. The van der Waals surface area contributed by atoms with E-state index in [-0.39, 0.29) is 106 Å². The predicted molar refractivity (Wildman–Crippen MR) is 395 cm³/mol. The van der Waals surface area contributed by atoms with Crippen molar-refractivity contribution in [2.24, 2.45) is 23.1 Å². The quantitative estimate of drug-likeness (QED) is 0.0293. The monoisotopic (exact) mass is 1530 g/mol. The molecule has 36 heteroatoms. The van der Waals surface area contributed by atoms with Crippen LogP contribution in [0.3, 0.4) is 0 Å². The van der Waals surface area contributed by atoms with Gasteiger partial charge < -0.3 is 113 Å². The van der Waals surface area contributed by atoms with Crippen molar-refractivity contribution in [1.29, 1.82) is 0 Å². The molecule has 0 spiro atoms. The molecule has 106 heavy (non-hydrogen) atoms. The highest BCUT2D eigenvalue weighted by Gasteiger charge is 2.45. The molecule has 0 aliphatic carbocycles. The smallest absolute Gasteiger partial charge is 0.327 e. The van der Waals surface area contributed by atoms with Crippen LogP contribution in [0.2, 0.25) is 0 Å². The van der Waals surface area contributed by atoms with Gasteiger partial charge in [-0.2, -0.15) is 23.5 Å². The maximum atomic E-state index is 15.0. The van der Waals surface area contributed by atoms with Crippen LogP contribution in [0.5, 0.6) is 0 Å². The number of thioether (sulfide) groups is 2. The van der Waals surface area contributed by atoms with Crippen molar-refractivity contribution < 1.29 is 91.4 Å². The Morgan fingerprint density at radius 2 is 1.20 bits per heavy atom. The molecule has 1 aromatic heterocycles. The number of aliphatic hydroxyl groups excluding tert-OH is 1. The van der Waals surface area contributed by atoms with Crippen LogP contribution in [0.4, 0.5) is 0 Å². The molecule has 3 aliphatic heterocycles. The number of unbranched alkanes of at least 4 members (excludes halogenated alkanes) is 1. The third kappa shape index (κ3) is 33.9. The van der Waals surface area contributed by atoms with Gasteiger partial charge >= 0.3 is 5.97 Å². The summed E-state index contributed by atoms with van der Waals surface area (Å²) in [5, 5.41) is 46.5. The molecule has 1 unspecified atom stereocenters. The summed E-state index contributed by atoms with van der Waals surface area (Å²) in [6, 6.07) is -0.304. The van der Waals surface area contributed by atoms with Crippen LogP contribution in [-0.2, 0) is 99.1 Å². The maximum Gasteiger partial charge on any atom is 0.327 e. The minimum atomic E-state index is -1.73. The van der Waals surface area contributed by atoms with Crippen LogP contribution >= 0.6 is 23.5 Å². The summed E-state index contributed by atoms with van der Waals surface area (Å²) in [5.74, 6) is -8.06. The zero-order chi connectivity index (χ0) is 76.9. The Bertz CT molecular complexity index is 3020. The Morgan fingerprint density at radius 3 is 1.76 bits per heavy atom. The molecular weight excluding hydrogens is 1420 g/mol. The van der Waals surface area contributed by atoms with E-state index in [0.29, 0.717) is 142 Å². The minimum Gasteiger partial charge on any atom is -0.480 e. The molecule has 2 aromatic rings. The first kappa shape index (κ1) is 89.4. The molecule has 2 fully saturated rings. The first-order valence-corrected chi connectivity index (χ1v) is 38.8. The number of carboxylic acid groups (broad SMARTS) is 1. The van der Waals surface area contributed by atoms with Crippen molar-refractivity contribution in [3.05, 3.63) is 65.5 Å². The van der Waals surface area contributed by atoms with E-state index in [0.717, 1.165) is 5.56 Å². The lowest BCUT2D eigenvalue weighted by Gasteiger charge is -2.34. The van der Waals surface area contributed by atoms with Crippen LogP contribution in [0.25, 0.3) is 0 Å². The topological polar surface area (TPSA) is 489 Å². The summed E-state index contributed by atoms with van der Waals surface area (Å²) < 4.78 is 33.6. The van der Waals surface area contributed by atoms with E-state index in [1.165, 1.54) is 40.2 Å². The lowest BCUT2D eigenvalue weighted by molar-refractivity contribution is -0.148. The maximum absolute atomic E-state index is 15.0. The number of aliphatic hydroxyl groups is 1. The van der Waals surface area contributed by atoms with Crippen molar-refractivity contribution in [3.63, 3.8) is 0 Å². The second-order valence-corrected chi connectivity index (χ2v) is 27.8. The number of amides is 10. The fraction of sp³-hybridized carbons (Fsp3) is 0.686. The number of pyridine rings is 1. The number of carboxylic acids is 1. The van der Waals surface area contributed by atoms with Gasteiger partial charge in [0.05, 0.1) is 91.3 Å². The van der Waals surface area contributed by atoms with Crippen LogP contribution in [0.15, 0.2) is 48.8 Å². The average Bonchev–Trinajstić information content (AvgIpc) is 1.63. The van der Waals surface area contributed by atoms with Crippen molar-refractivity contribution in [1.82, 2.24) is 62.6 Å². The molecule has 17 N–H and O–H groups in total. The normalized spacial score (nSPS) is 20.9. The highest BCUT2D eigenvalue weighted by Crippen LogP contribution is 2.27. The zero-order valence-corrected chi connectivity index (χ0v) is 62.7. The molecule has 9 atom stereocenters. The third-order valence-electron chi connectivity index (χ3n) is 17.3. The molecule has 2 saturated heterocycles. The molecule has 594 valence electrons. The summed E-state index contributed by atoms with van der Waals surface area (Å²) in [7, 11) is 0. The van der Waals surface area contributed by atoms with Gasteiger partial charge in [0.2, 0.25) is 59.1 Å². The molecule has 3 aliphatic rings. The number of nitrogens with two attached hydrogens (primary N) is 3. The lowest BCUT2D eigenvalue weighted by Crippen LogP contribution is -2.61. The van der Waals surface area contributed by atoms with Gasteiger partial charge in [-0.3, -0.25) is 52.9 Å². The SMILES string of the molecule is CCCC[C@H](NC(=O)CCOCCOCCOCCOCCOCCOCCNC(=O)C(CNCCN)CNCCN)C(=O)N[C@H]1CSCc2cncc(c2)CSCC(C(=O)O)NC(=O)[C@H](Cc2ccccc2)NC(=O)[C@H](CCC(N)=O)NC(=O)[C@H]([C@@H](C)O)NC(=O)[C@@H]2CCCN2C(=O)[C@@H]2CCCN2C1=O. The summed E-state index contributed by atoms with van der Waals surface area (Å²) in [4.78, 5) is 159. The number of aromatic nitrogens is 1. The van der Waals surface area contributed by atoms with Gasteiger partial charge in [-0.05, 0) is 62.1 Å². The van der Waals surface area contributed by atoms with Gasteiger partial charge in [0.1, 0.15) is 48.3 Å². The highest BCUT2D eigenvalue weighted by atomic mass is 32.2. The Kier molecular flexibility index (Phi) is 43.8. The van der Waals surface area contributed by atoms with Crippen molar-refractivity contribution in [2.75, 3.05) is 150 Å². The van der Waals surface area contributed by atoms with Gasteiger partial charge in [0.25, 0.3) is 0 Å². The number of nitrogens with one attached hydrogen (secondary N) is 9. The predicted octanol–water partition coefficient (Wildman–Crippen LogP) is -3.07. The average molecular weight is 1530 g/mol. The van der Waals surface area contributed by atoms with Crippen molar-refractivity contribution in [2.45, 2.75) is 150 Å². The van der Waals surface area contributed by atoms with Gasteiger partial charge in [-0.25, -0.2) is 4.79 Å². The van der Waals surface area contributed by atoms with Gasteiger partial charge in [0, 0.05) is 114 Å². The van der Waals surface area contributed by atoms with E-state index in [1.807, 2.05) is 13.0 Å². The van der Waals surface area contributed by atoms with Crippen molar-refractivity contribution >= 4 is 88.6 Å². The number of fused-ring (bicyclic) bond motifs is 4. The fourth-order valence-corrected chi connectivity index (χ4v) is 13.6. The molecule has 34 nitrogen and oxygen atoms in total. The van der Waals surface area contributed by atoms with E-state index < -0.39 is 120 Å². The second kappa shape index (κ2) is 52.0. The summed E-state index contributed by atoms with van der Waals surface area (Å²) in [6.45, 7) is 10.6. The highest BCUT2D eigenvalue weighted by molar-refractivity contribution is 7.98. The van der Waals surface area contributed by atoms with E-state index >= 15 is 4.79 Å². The van der Waals surface area contributed by atoms with Gasteiger partial charge in [0.15, 0.2) is 0 Å². The van der Waals surface area contributed by atoms with Gasteiger partial charge in [-0.15, -0.1) is 0 Å². The number of benzene rings is 1. The Morgan fingerprint density at radius 1 is 0.651 bits per heavy atom. The fourth-order valence-electron chi connectivity index (χ4n) is 11.7. The largest absolute Gasteiger partial charge is 0.480 e. The number of primary amides is 1. The number of hydrogen-bond donors (Lipinski definition) is 14. The zero-order valence-electron chi connectivity index (χ0n) is 61.1. The molecular formula is C70H113N15O19S2. The molecule has 5 rings (SSSR count). The molecule has 4 heterocycles. The van der Waals surface area contributed by atoms with Crippen LogP contribution in [-0.4, -0.2) is 294 Å². The molecule has 10 amide bonds.